The first-order valence-electron chi connectivity index (χ1n) is 6.22. The molecule has 0 atom stereocenters. The van der Waals surface area contributed by atoms with Gasteiger partial charge in [-0.2, -0.15) is 0 Å². The number of rotatable bonds is 3. The van der Waals surface area contributed by atoms with E-state index in [1.807, 2.05) is 13.0 Å². The van der Waals surface area contributed by atoms with E-state index in [-0.39, 0.29) is 12.3 Å². The molecule has 4 nitrogen and oxygen atoms in total. The van der Waals surface area contributed by atoms with Gasteiger partial charge < -0.3 is 0 Å². The van der Waals surface area contributed by atoms with Crippen molar-refractivity contribution in [1.82, 2.24) is 0 Å². The molecule has 1 amide bonds. The van der Waals surface area contributed by atoms with Gasteiger partial charge in [0.05, 0.1) is 22.7 Å². The van der Waals surface area contributed by atoms with E-state index in [2.05, 4.69) is 15.9 Å². The number of amides is 1. The van der Waals surface area contributed by atoms with Crippen molar-refractivity contribution in [2.75, 3.05) is 11.4 Å². The van der Waals surface area contributed by atoms with Crippen LogP contribution < -0.4 is 4.90 Å². The number of hydrogen-bond donors (Lipinski definition) is 0. The second-order valence-electron chi connectivity index (χ2n) is 4.74. The van der Waals surface area contributed by atoms with Crippen molar-refractivity contribution < 1.29 is 14.4 Å². The maximum Gasteiger partial charge on any atom is 0.299 e. The molecule has 1 aliphatic heterocycles. The lowest BCUT2D eigenvalue weighted by Gasteiger charge is -2.17. The Bertz CT molecular complexity index is 767. The maximum absolute atomic E-state index is 12.2. The highest BCUT2D eigenvalue weighted by molar-refractivity contribution is 9.10. The van der Waals surface area contributed by atoms with Crippen LogP contribution in [-0.4, -0.2) is 24.0 Å². The molecule has 0 saturated carbocycles. The number of hydrogen-bond acceptors (Lipinski definition) is 4. The fraction of sp³-hybridized carbons (Fsp3) is 0.133. The predicted octanol–water partition coefficient (Wildman–Crippen LogP) is 3.23. The molecule has 2 heterocycles. The molecule has 2 aromatic rings. The Kier molecular flexibility index (Phi) is 3.51. The Hall–Kier alpha value is -1.79. The topological polar surface area (TPSA) is 54.5 Å². The molecule has 106 valence electrons. The van der Waals surface area contributed by atoms with Crippen LogP contribution in [0.1, 0.15) is 25.6 Å². The zero-order valence-corrected chi connectivity index (χ0v) is 13.5. The molecule has 0 bridgehead atoms. The first kappa shape index (κ1) is 14.2. The number of ketones is 2. The van der Waals surface area contributed by atoms with Crippen molar-refractivity contribution in [3.8, 4) is 0 Å². The summed E-state index contributed by atoms with van der Waals surface area (Å²) in [6.07, 6.45) is 0. The van der Waals surface area contributed by atoms with E-state index in [1.165, 1.54) is 16.2 Å². The lowest BCUT2D eigenvalue weighted by molar-refractivity contribution is -0.114. The summed E-state index contributed by atoms with van der Waals surface area (Å²) in [4.78, 5) is 38.3. The van der Waals surface area contributed by atoms with Crippen LogP contribution in [0.15, 0.2) is 34.1 Å². The molecule has 0 fully saturated rings. The standard InChI is InChI=1S/C15H10BrNO3S/c1-8-5-9(16)6-10-13(8)17(15(20)14(10)19)7-11(18)12-3-2-4-21-12/h2-6H,7H2,1H3. The SMILES string of the molecule is Cc1cc(Br)cc2c1N(CC(=O)c1cccs1)C(=O)C2=O. The van der Waals surface area contributed by atoms with Crippen molar-refractivity contribution >= 4 is 50.4 Å². The minimum atomic E-state index is -0.642. The molecular formula is C15H10BrNO3S. The van der Waals surface area contributed by atoms with Crippen molar-refractivity contribution in [1.29, 1.82) is 0 Å². The lowest BCUT2D eigenvalue weighted by atomic mass is 10.1. The molecule has 1 aromatic carbocycles. The molecule has 0 aliphatic carbocycles. The predicted molar refractivity (Wildman–Crippen MR) is 84.2 cm³/mol. The third-order valence-corrected chi connectivity index (χ3v) is 4.69. The number of benzene rings is 1. The van der Waals surface area contributed by atoms with E-state index >= 15 is 0 Å². The van der Waals surface area contributed by atoms with Gasteiger partial charge >= 0.3 is 0 Å². The molecule has 21 heavy (non-hydrogen) atoms. The van der Waals surface area contributed by atoms with Gasteiger partial charge in [0, 0.05) is 4.47 Å². The third kappa shape index (κ3) is 2.34. The van der Waals surface area contributed by atoms with Crippen molar-refractivity contribution in [2.24, 2.45) is 0 Å². The lowest BCUT2D eigenvalue weighted by Crippen LogP contribution is -2.34. The smallest absolute Gasteiger partial charge is 0.297 e. The van der Waals surface area contributed by atoms with Crippen molar-refractivity contribution in [3.05, 3.63) is 50.1 Å². The number of carbonyl (C=O) groups is 3. The van der Waals surface area contributed by atoms with Crippen LogP contribution in [0.2, 0.25) is 0 Å². The number of halogens is 1. The Balaban J connectivity index is 2.00. The summed E-state index contributed by atoms with van der Waals surface area (Å²) in [6, 6.07) is 6.95. The molecular weight excluding hydrogens is 354 g/mol. The fourth-order valence-electron chi connectivity index (χ4n) is 2.42. The van der Waals surface area contributed by atoms with Crippen LogP contribution in [0.5, 0.6) is 0 Å². The Morgan fingerprint density at radius 3 is 2.76 bits per heavy atom. The van der Waals surface area contributed by atoms with Crippen LogP contribution in [0.4, 0.5) is 5.69 Å². The van der Waals surface area contributed by atoms with E-state index in [4.69, 9.17) is 0 Å². The molecule has 0 N–H and O–H groups in total. The summed E-state index contributed by atoms with van der Waals surface area (Å²) in [6.45, 7) is 1.71. The summed E-state index contributed by atoms with van der Waals surface area (Å²) in [5.74, 6) is -1.37. The summed E-state index contributed by atoms with van der Waals surface area (Å²) >= 11 is 4.64. The van der Waals surface area contributed by atoms with Gasteiger partial charge in [0.1, 0.15) is 0 Å². The van der Waals surface area contributed by atoms with E-state index in [9.17, 15) is 14.4 Å². The number of aryl methyl sites for hydroxylation is 1. The minimum absolute atomic E-state index is 0.111. The van der Waals surface area contributed by atoms with Crippen LogP contribution in [-0.2, 0) is 4.79 Å². The van der Waals surface area contributed by atoms with Gasteiger partial charge in [0.2, 0.25) is 0 Å². The Morgan fingerprint density at radius 2 is 2.10 bits per heavy atom. The summed E-state index contributed by atoms with van der Waals surface area (Å²) in [7, 11) is 0. The molecule has 1 aromatic heterocycles. The number of carbonyl (C=O) groups excluding carboxylic acids is 3. The van der Waals surface area contributed by atoms with Gasteiger partial charge in [-0.1, -0.05) is 22.0 Å². The zero-order chi connectivity index (χ0) is 15.1. The summed E-state index contributed by atoms with van der Waals surface area (Å²) < 4.78 is 0.742. The van der Waals surface area contributed by atoms with Crippen molar-refractivity contribution in [2.45, 2.75) is 6.92 Å². The first-order valence-corrected chi connectivity index (χ1v) is 7.89. The molecule has 0 radical (unpaired) electrons. The normalized spacial score (nSPS) is 13.7. The van der Waals surface area contributed by atoms with Crippen LogP contribution in [0.25, 0.3) is 0 Å². The van der Waals surface area contributed by atoms with Gasteiger partial charge in [-0.3, -0.25) is 19.3 Å². The van der Waals surface area contributed by atoms with E-state index in [0.717, 1.165) is 10.0 Å². The number of Topliss-reactive ketones (excluding diaryl/α,β-unsaturated/α-hetero) is 2. The van der Waals surface area contributed by atoms with Gasteiger partial charge in [-0.05, 0) is 36.1 Å². The van der Waals surface area contributed by atoms with E-state index in [1.54, 1.807) is 23.6 Å². The number of anilines is 1. The average Bonchev–Trinajstić information content (AvgIpc) is 3.03. The second kappa shape index (κ2) is 5.20. The fourth-order valence-corrected chi connectivity index (χ4v) is 3.64. The van der Waals surface area contributed by atoms with Crippen LogP contribution >= 0.6 is 27.3 Å². The highest BCUT2D eigenvalue weighted by atomic mass is 79.9. The third-order valence-electron chi connectivity index (χ3n) is 3.32. The summed E-state index contributed by atoms with van der Waals surface area (Å²) in [5.41, 5.74) is 1.68. The number of thiophene rings is 1. The molecule has 1 aliphatic rings. The zero-order valence-electron chi connectivity index (χ0n) is 11.1. The molecule has 3 rings (SSSR count). The monoisotopic (exact) mass is 363 g/mol. The maximum atomic E-state index is 12.2. The van der Waals surface area contributed by atoms with Gasteiger partial charge in [-0.25, -0.2) is 0 Å². The van der Waals surface area contributed by atoms with Gasteiger partial charge in [-0.15, -0.1) is 11.3 Å². The highest BCUT2D eigenvalue weighted by Gasteiger charge is 2.38. The Labute approximate surface area is 133 Å². The summed E-state index contributed by atoms with van der Waals surface area (Å²) in [5, 5.41) is 1.81. The first-order chi connectivity index (χ1) is 9.99. The molecule has 0 unspecified atom stereocenters. The van der Waals surface area contributed by atoms with Crippen molar-refractivity contribution in [3.63, 3.8) is 0 Å². The largest absolute Gasteiger partial charge is 0.299 e. The van der Waals surface area contributed by atoms with Gasteiger partial charge in [0.15, 0.2) is 5.78 Å². The highest BCUT2D eigenvalue weighted by Crippen LogP contribution is 2.35. The number of nitrogens with zero attached hydrogens (tertiary/aromatic N) is 1. The van der Waals surface area contributed by atoms with Crippen LogP contribution in [0.3, 0.4) is 0 Å². The minimum Gasteiger partial charge on any atom is -0.297 e. The average molecular weight is 364 g/mol. The van der Waals surface area contributed by atoms with Gasteiger partial charge in [0.25, 0.3) is 11.7 Å². The second-order valence-corrected chi connectivity index (χ2v) is 6.60. The quantitative estimate of drug-likeness (QED) is 0.621. The van der Waals surface area contributed by atoms with E-state index < -0.39 is 11.7 Å². The molecule has 6 heteroatoms. The molecule has 0 saturated heterocycles. The molecule has 0 spiro atoms. The van der Waals surface area contributed by atoms with E-state index in [0.29, 0.717) is 16.1 Å². The van der Waals surface area contributed by atoms with Crippen LogP contribution in [0, 0.1) is 6.92 Å². The number of fused-ring (bicyclic) bond motifs is 1. The Morgan fingerprint density at radius 1 is 1.33 bits per heavy atom.